The Morgan fingerprint density at radius 2 is 2.23 bits per heavy atom. The highest BCUT2D eigenvalue weighted by molar-refractivity contribution is 5.93. The van der Waals surface area contributed by atoms with Crippen LogP contribution in [0.3, 0.4) is 0 Å². The molecular formula is C17H20N4O. The molecule has 1 fully saturated rings. The van der Waals surface area contributed by atoms with Gasteiger partial charge in [0.05, 0.1) is 6.20 Å². The highest BCUT2D eigenvalue weighted by Crippen LogP contribution is 2.44. The molecule has 5 nitrogen and oxygen atoms in total. The summed E-state index contributed by atoms with van der Waals surface area (Å²) in [6.45, 7) is 3.58. The lowest BCUT2D eigenvalue weighted by atomic mass is 9.77. The van der Waals surface area contributed by atoms with E-state index in [4.69, 9.17) is 0 Å². The summed E-state index contributed by atoms with van der Waals surface area (Å²) in [5.41, 5.74) is 3.58. The van der Waals surface area contributed by atoms with Crippen LogP contribution >= 0.6 is 0 Å². The first-order valence-electron chi connectivity index (χ1n) is 7.93. The van der Waals surface area contributed by atoms with Gasteiger partial charge in [0.2, 0.25) is 0 Å². The molecule has 4 rings (SSSR count). The van der Waals surface area contributed by atoms with E-state index in [0.717, 1.165) is 31.7 Å². The number of ketones is 1. The predicted octanol–water partition coefficient (Wildman–Crippen LogP) is 2.49. The predicted molar refractivity (Wildman–Crippen MR) is 84.3 cm³/mol. The summed E-state index contributed by atoms with van der Waals surface area (Å²) in [5, 5.41) is 7.46. The van der Waals surface area contributed by atoms with Crippen LogP contribution in [-0.4, -0.2) is 34.1 Å². The highest BCUT2D eigenvalue weighted by Gasteiger charge is 2.43. The van der Waals surface area contributed by atoms with Crippen LogP contribution < -0.4 is 4.90 Å². The lowest BCUT2D eigenvalue weighted by Crippen LogP contribution is -2.45. The maximum Gasteiger partial charge on any atom is 0.161 e. The van der Waals surface area contributed by atoms with E-state index in [1.807, 2.05) is 18.3 Å². The van der Waals surface area contributed by atoms with Crippen molar-refractivity contribution in [3.63, 3.8) is 0 Å². The van der Waals surface area contributed by atoms with Crippen molar-refractivity contribution in [3.05, 3.63) is 41.3 Å². The number of H-pyrrole nitrogens is 1. The lowest BCUT2D eigenvalue weighted by molar-refractivity contribution is 0.101. The zero-order chi connectivity index (χ0) is 15.2. The lowest BCUT2D eigenvalue weighted by Gasteiger charge is -2.41. The third kappa shape index (κ3) is 2.03. The molecule has 0 saturated carbocycles. The number of nitrogens with one attached hydrogen (secondary N) is 1. The minimum atomic E-state index is 0.0621. The van der Waals surface area contributed by atoms with E-state index in [0.29, 0.717) is 5.56 Å². The molecule has 1 aliphatic heterocycles. The second-order valence-electron chi connectivity index (χ2n) is 6.54. The van der Waals surface area contributed by atoms with Crippen LogP contribution in [0.2, 0.25) is 0 Å². The van der Waals surface area contributed by atoms with E-state index >= 15 is 0 Å². The van der Waals surface area contributed by atoms with Crippen molar-refractivity contribution in [2.24, 2.45) is 0 Å². The average molecular weight is 296 g/mol. The number of aromatic nitrogens is 3. The smallest absolute Gasteiger partial charge is 0.161 e. The van der Waals surface area contributed by atoms with E-state index in [1.165, 1.54) is 24.1 Å². The molecule has 0 amide bonds. The number of piperidine rings is 1. The van der Waals surface area contributed by atoms with Gasteiger partial charge in [-0.05, 0) is 50.3 Å². The summed E-state index contributed by atoms with van der Waals surface area (Å²) in [4.78, 5) is 18.2. The van der Waals surface area contributed by atoms with Gasteiger partial charge in [0, 0.05) is 36.0 Å². The number of hydrogen-bond donors (Lipinski definition) is 1. The Balaban J connectivity index is 1.60. The molecule has 2 aromatic heterocycles. The summed E-state index contributed by atoms with van der Waals surface area (Å²) in [6.07, 6.45) is 8.35. The van der Waals surface area contributed by atoms with Crippen LogP contribution in [0, 0.1) is 0 Å². The fraction of sp³-hybridized carbons (Fsp3) is 0.471. The number of pyridine rings is 1. The molecule has 2 aromatic rings. The molecule has 1 spiro atoms. The Hall–Kier alpha value is -2.17. The van der Waals surface area contributed by atoms with Crippen molar-refractivity contribution in [1.82, 2.24) is 15.2 Å². The quantitative estimate of drug-likeness (QED) is 0.865. The van der Waals surface area contributed by atoms with Gasteiger partial charge in [-0.15, -0.1) is 0 Å². The number of hydrogen-bond acceptors (Lipinski definition) is 4. The maximum atomic E-state index is 11.4. The van der Waals surface area contributed by atoms with Crippen molar-refractivity contribution >= 4 is 11.6 Å². The molecule has 3 heterocycles. The van der Waals surface area contributed by atoms with Crippen LogP contribution in [0.4, 0.5) is 5.82 Å². The standard InChI is InChI=1S/C17H20N4O/c1-12(22)13-3-4-15(18-9-13)21-8-2-6-17(11-21)7-5-14-10-19-20-16(14)17/h3-4,9-10H,2,5-8,11H2,1H3,(H,19,20). The average Bonchev–Trinajstić information content (AvgIpc) is 3.13. The van der Waals surface area contributed by atoms with Gasteiger partial charge in [0.1, 0.15) is 5.82 Å². The van der Waals surface area contributed by atoms with Crippen molar-refractivity contribution in [1.29, 1.82) is 0 Å². The van der Waals surface area contributed by atoms with Crippen molar-refractivity contribution in [2.75, 3.05) is 18.0 Å². The molecule has 1 atom stereocenters. The SMILES string of the molecule is CC(=O)c1ccc(N2CCCC3(CCc4cn[nH]c43)C2)nc1. The topological polar surface area (TPSA) is 61.9 Å². The Morgan fingerprint density at radius 1 is 1.32 bits per heavy atom. The third-order valence-electron chi connectivity index (χ3n) is 5.18. The summed E-state index contributed by atoms with van der Waals surface area (Å²) in [6, 6.07) is 3.85. The summed E-state index contributed by atoms with van der Waals surface area (Å²) >= 11 is 0. The minimum Gasteiger partial charge on any atom is -0.356 e. The van der Waals surface area contributed by atoms with Gasteiger partial charge in [-0.3, -0.25) is 9.89 Å². The molecule has 1 aliphatic carbocycles. The second kappa shape index (κ2) is 4.93. The largest absolute Gasteiger partial charge is 0.356 e. The number of fused-ring (bicyclic) bond motifs is 2. The first-order chi connectivity index (χ1) is 10.7. The Kier molecular flexibility index (Phi) is 3.03. The molecule has 0 radical (unpaired) electrons. The van der Waals surface area contributed by atoms with Gasteiger partial charge < -0.3 is 4.90 Å². The van der Waals surface area contributed by atoms with E-state index in [9.17, 15) is 4.79 Å². The van der Waals surface area contributed by atoms with Gasteiger partial charge in [0.15, 0.2) is 5.78 Å². The van der Waals surface area contributed by atoms with Gasteiger partial charge >= 0.3 is 0 Å². The zero-order valence-electron chi connectivity index (χ0n) is 12.8. The molecule has 5 heteroatoms. The van der Waals surface area contributed by atoms with Crippen LogP contribution in [0.1, 0.15) is 47.8 Å². The summed E-state index contributed by atoms with van der Waals surface area (Å²) in [5.74, 6) is 1.03. The number of aryl methyl sites for hydroxylation is 1. The van der Waals surface area contributed by atoms with Gasteiger partial charge in [0.25, 0.3) is 0 Å². The van der Waals surface area contributed by atoms with Crippen molar-refractivity contribution < 1.29 is 4.79 Å². The van der Waals surface area contributed by atoms with Crippen LogP contribution in [0.15, 0.2) is 24.5 Å². The Morgan fingerprint density at radius 3 is 3.00 bits per heavy atom. The van der Waals surface area contributed by atoms with E-state index in [-0.39, 0.29) is 11.2 Å². The number of carbonyl (C=O) groups excluding carboxylic acids is 1. The monoisotopic (exact) mass is 296 g/mol. The van der Waals surface area contributed by atoms with E-state index in [2.05, 4.69) is 20.1 Å². The molecule has 2 aliphatic rings. The Labute approximate surface area is 129 Å². The summed E-state index contributed by atoms with van der Waals surface area (Å²) in [7, 11) is 0. The van der Waals surface area contributed by atoms with Crippen molar-refractivity contribution in [3.8, 4) is 0 Å². The number of rotatable bonds is 2. The third-order valence-corrected chi connectivity index (χ3v) is 5.18. The molecule has 22 heavy (non-hydrogen) atoms. The molecular weight excluding hydrogens is 276 g/mol. The van der Waals surface area contributed by atoms with Crippen LogP contribution in [0.25, 0.3) is 0 Å². The van der Waals surface area contributed by atoms with Crippen molar-refractivity contribution in [2.45, 2.75) is 38.0 Å². The number of anilines is 1. The maximum absolute atomic E-state index is 11.4. The molecule has 1 N–H and O–H groups in total. The molecule has 0 aromatic carbocycles. The van der Waals surface area contributed by atoms with Crippen LogP contribution in [0.5, 0.6) is 0 Å². The fourth-order valence-corrected chi connectivity index (χ4v) is 3.98. The minimum absolute atomic E-state index is 0.0621. The van der Waals surface area contributed by atoms with E-state index < -0.39 is 0 Å². The number of carbonyl (C=O) groups is 1. The molecule has 0 bridgehead atoms. The first-order valence-corrected chi connectivity index (χ1v) is 7.93. The first kappa shape index (κ1) is 13.5. The van der Waals surface area contributed by atoms with Gasteiger partial charge in [-0.2, -0.15) is 5.10 Å². The second-order valence-corrected chi connectivity index (χ2v) is 6.54. The van der Waals surface area contributed by atoms with E-state index in [1.54, 1.807) is 13.1 Å². The molecule has 1 saturated heterocycles. The normalized spacial score (nSPS) is 23.8. The van der Waals surface area contributed by atoms with Gasteiger partial charge in [-0.1, -0.05) is 0 Å². The zero-order valence-corrected chi connectivity index (χ0v) is 12.8. The molecule has 1 unspecified atom stereocenters. The number of nitrogens with zero attached hydrogens (tertiary/aromatic N) is 3. The highest BCUT2D eigenvalue weighted by atomic mass is 16.1. The van der Waals surface area contributed by atoms with Gasteiger partial charge in [-0.25, -0.2) is 4.98 Å². The number of aromatic amines is 1. The summed E-state index contributed by atoms with van der Waals surface area (Å²) < 4.78 is 0. The molecule has 114 valence electrons. The fourth-order valence-electron chi connectivity index (χ4n) is 3.98. The number of Topliss-reactive ketones (excluding diaryl/α,β-unsaturated/α-hetero) is 1. The van der Waals surface area contributed by atoms with Crippen LogP contribution in [-0.2, 0) is 11.8 Å². The Bertz CT molecular complexity index is 706.